The Morgan fingerprint density at radius 3 is 2.00 bits per heavy atom. The fraction of sp³-hybridized carbons (Fsp3) is 0.350. The van der Waals surface area contributed by atoms with Crippen molar-refractivity contribution in [3.63, 3.8) is 0 Å². The molecule has 0 saturated carbocycles. The second-order valence-corrected chi connectivity index (χ2v) is 6.24. The number of carbonyl (C=O) groups is 1. The van der Waals surface area contributed by atoms with Crippen LogP contribution >= 0.6 is 0 Å². The van der Waals surface area contributed by atoms with Gasteiger partial charge in [0.05, 0.1) is 34.5 Å². The Morgan fingerprint density at radius 2 is 1.41 bits per heavy atom. The molecule has 0 bridgehead atoms. The van der Waals surface area contributed by atoms with E-state index in [0.717, 1.165) is 11.1 Å². The summed E-state index contributed by atoms with van der Waals surface area (Å²) in [5.41, 5.74) is 7.93. The maximum absolute atomic E-state index is 12.4. The molecule has 1 saturated heterocycles. The summed E-state index contributed by atoms with van der Waals surface area (Å²) in [4.78, 5) is 14.1. The normalized spacial score (nSPS) is 18.7. The van der Waals surface area contributed by atoms with Gasteiger partial charge in [-0.1, -0.05) is 12.1 Å². The van der Waals surface area contributed by atoms with E-state index in [-0.39, 0.29) is 11.9 Å². The molecule has 1 aliphatic heterocycles. The van der Waals surface area contributed by atoms with Gasteiger partial charge in [0.15, 0.2) is 23.0 Å². The third kappa shape index (κ3) is 3.38. The van der Waals surface area contributed by atoms with Gasteiger partial charge in [0.25, 0.3) is 0 Å². The highest BCUT2D eigenvalue weighted by molar-refractivity contribution is 5.89. The molecule has 0 aromatic heterocycles. The number of nitrogens with zero attached hydrogens (tertiary/aromatic N) is 1. The summed E-state index contributed by atoms with van der Waals surface area (Å²) in [6.07, 6.45) is 0. The first kappa shape index (κ1) is 18.8. The third-order valence-corrected chi connectivity index (χ3v) is 4.79. The van der Waals surface area contributed by atoms with Crippen molar-refractivity contribution in [2.75, 3.05) is 28.4 Å². The lowest BCUT2D eigenvalue weighted by Gasteiger charge is -2.46. The van der Waals surface area contributed by atoms with Crippen molar-refractivity contribution in [3.05, 3.63) is 47.5 Å². The summed E-state index contributed by atoms with van der Waals surface area (Å²) in [6, 6.07) is 10.4. The van der Waals surface area contributed by atoms with E-state index in [9.17, 15) is 4.79 Å². The van der Waals surface area contributed by atoms with Crippen LogP contribution in [0.15, 0.2) is 36.4 Å². The fourth-order valence-corrected chi connectivity index (χ4v) is 3.35. The van der Waals surface area contributed by atoms with Gasteiger partial charge in [0.1, 0.15) is 6.04 Å². The summed E-state index contributed by atoms with van der Waals surface area (Å²) in [6.45, 7) is 0.423. The number of hydrogen-bond acceptors (Lipinski definition) is 6. The van der Waals surface area contributed by atoms with Crippen molar-refractivity contribution in [1.82, 2.24) is 4.90 Å². The van der Waals surface area contributed by atoms with Gasteiger partial charge < -0.3 is 29.6 Å². The second kappa shape index (κ2) is 7.75. The Bertz CT molecular complexity index is 839. The minimum absolute atomic E-state index is 0.0930. The van der Waals surface area contributed by atoms with E-state index < -0.39 is 6.04 Å². The van der Waals surface area contributed by atoms with Crippen LogP contribution in [0.2, 0.25) is 0 Å². The number of rotatable bonds is 7. The van der Waals surface area contributed by atoms with E-state index in [2.05, 4.69) is 0 Å². The number of hydrogen-bond donors (Lipinski definition) is 1. The maximum Gasteiger partial charge on any atom is 0.242 e. The molecule has 1 amide bonds. The fourth-order valence-electron chi connectivity index (χ4n) is 3.35. The topological polar surface area (TPSA) is 83.3 Å². The number of ether oxygens (including phenoxy) is 4. The summed E-state index contributed by atoms with van der Waals surface area (Å²) < 4.78 is 21.2. The van der Waals surface area contributed by atoms with Gasteiger partial charge in [-0.2, -0.15) is 0 Å². The standard InChI is InChI=1S/C20H24N2O5/c1-24-14-7-5-12(9-16(14)26-3)11-22-19(18(21)20(22)23)13-6-8-15(25-2)17(10-13)27-4/h5-10,18-19H,11,21H2,1-4H3/t18-,19+/m1/s1. The van der Waals surface area contributed by atoms with Crippen LogP contribution in [0.4, 0.5) is 0 Å². The van der Waals surface area contributed by atoms with Crippen molar-refractivity contribution in [2.24, 2.45) is 5.73 Å². The van der Waals surface area contributed by atoms with Crippen LogP contribution < -0.4 is 24.7 Å². The van der Waals surface area contributed by atoms with Gasteiger partial charge in [-0.3, -0.25) is 4.79 Å². The van der Waals surface area contributed by atoms with E-state index in [1.54, 1.807) is 33.3 Å². The van der Waals surface area contributed by atoms with Gasteiger partial charge in [0.2, 0.25) is 5.91 Å². The predicted octanol–water partition coefficient (Wildman–Crippen LogP) is 2.13. The van der Waals surface area contributed by atoms with E-state index >= 15 is 0 Å². The smallest absolute Gasteiger partial charge is 0.242 e. The molecule has 27 heavy (non-hydrogen) atoms. The average molecular weight is 372 g/mol. The monoisotopic (exact) mass is 372 g/mol. The van der Waals surface area contributed by atoms with Crippen LogP contribution in [0.25, 0.3) is 0 Å². The lowest BCUT2D eigenvalue weighted by Crippen LogP contribution is -2.62. The van der Waals surface area contributed by atoms with Crippen molar-refractivity contribution < 1.29 is 23.7 Å². The van der Waals surface area contributed by atoms with Crippen LogP contribution in [-0.4, -0.2) is 45.3 Å². The molecule has 0 spiro atoms. The SMILES string of the molecule is COc1ccc(CN2C(=O)[C@H](N)[C@@H]2c2ccc(OC)c(OC)c2)cc1OC. The zero-order valence-electron chi connectivity index (χ0n) is 15.9. The van der Waals surface area contributed by atoms with Crippen LogP contribution in [0.3, 0.4) is 0 Å². The Morgan fingerprint density at radius 1 is 0.852 bits per heavy atom. The van der Waals surface area contributed by atoms with Crippen molar-refractivity contribution in [2.45, 2.75) is 18.6 Å². The molecular weight excluding hydrogens is 348 g/mol. The van der Waals surface area contributed by atoms with Crippen LogP contribution in [0.5, 0.6) is 23.0 Å². The Labute approximate surface area is 158 Å². The van der Waals surface area contributed by atoms with E-state index in [4.69, 9.17) is 24.7 Å². The quantitative estimate of drug-likeness (QED) is 0.750. The number of amides is 1. The molecule has 144 valence electrons. The zero-order valence-corrected chi connectivity index (χ0v) is 15.9. The Kier molecular flexibility index (Phi) is 5.41. The molecule has 2 aromatic rings. The number of nitrogens with two attached hydrogens (primary N) is 1. The van der Waals surface area contributed by atoms with Crippen molar-refractivity contribution >= 4 is 5.91 Å². The Hall–Kier alpha value is -2.93. The zero-order chi connectivity index (χ0) is 19.6. The summed E-state index contributed by atoms with van der Waals surface area (Å²) in [5, 5.41) is 0. The third-order valence-electron chi connectivity index (χ3n) is 4.79. The lowest BCUT2D eigenvalue weighted by molar-refractivity contribution is -0.150. The van der Waals surface area contributed by atoms with Gasteiger partial charge in [-0.15, -0.1) is 0 Å². The van der Waals surface area contributed by atoms with E-state index in [0.29, 0.717) is 29.5 Å². The molecule has 1 heterocycles. The molecule has 0 unspecified atom stereocenters. The number of benzene rings is 2. The first-order valence-electron chi connectivity index (χ1n) is 8.53. The van der Waals surface area contributed by atoms with E-state index in [1.807, 2.05) is 36.4 Å². The molecule has 7 heteroatoms. The average Bonchev–Trinajstić information content (AvgIpc) is 2.72. The highest BCUT2D eigenvalue weighted by atomic mass is 16.5. The van der Waals surface area contributed by atoms with Crippen molar-refractivity contribution in [3.8, 4) is 23.0 Å². The molecule has 3 rings (SSSR count). The highest BCUT2D eigenvalue weighted by Crippen LogP contribution is 2.39. The first-order valence-corrected chi connectivity index (χ1v) is 8.53. The van der Waals surface area contributed by atoms with E-state index in [1.165, 1.54) is 0 Å². The summed E-state index contributed by atoms with van der Waals surface area (Å²) in [5.74, 6) is 2.41. The summed E-state index contributed by atoms with van der Waals surface area (Å²) in [7, 11) is 6.33. The van der Waals surface area contributed by atoms with Gasteiger partial charge in [-0.05, 0) is 35.4 Å². The van der Waals surface area contributed by atoms with Gasteiger partial charge in [0, 0.05) is 6.54 Å². The molecule has 1 fully saturated rings. The molecule has 2 N–H and O–H groups in total. The first-order chi connectivity index (χ1) is 13.0. The lowest BCUT2D eigenvalue weighted by atomic mass is 9.88. The summed E-state index contributed by atoms with van der Waals surface area (Å²) >= 11 is 0. The molecule has 2 aromatic carbocycles. The highest BCUT2D eigenvalue weighted by Gasteiger charge is 2.45. The molecule has 1 aliphatic rings. The molecule has 0 aliphatic carbocycles. The number of likely N-dealkylation sites (tertiary alicyclic amines) is 1. The second-order valence-electron chi connectivity index (χ2n) is 6.24. The van der Waals surface area contributed by atoms with Gasteiger partial charge in [-0.25, -0.2) is 0 Å². The largest absolute Gasteiger partial charge is 0.493 e. The number of methoxy groups -OCH3 is 4. The minimum Gasteiger partial charge on any atom is -0.493 e. The maximum atomic E-state index is 12.4. The number of carbonyl (C=O) groups excluding carboxylic acids is 1. The Balaban J connectivity index is 1.86. The molecule has 0 radical (unpaired) electrons. The molecular formula is C20H24N2O5. The van der Waals surface area contributed by atoms with Crippen molar-refractivity contribution in [1.29, 1.82) is 0 Å². The predicted molar refractivity (Wildman–Crippen MR) is 100 cm³/mol. The van der Waals surface area contributed by atoms with Crippen LogP contribution in [-0.2, 0) is 11.3 Å². The molecule has 2 atom stereocenters. The molecule has 7 nitrogen and oxygen atoms in total. The van der Waals surface area contributed by atoms with Crippen LogP contribution in [0.1, 0.15) is 17.2 Å². The number of β-lactam (4-membered cyclic amide) rings is 1. The van der Waals surface area contributed by atoms with Gasteiger partial charge >= 0.3 is 0 Å². The van der Waals surface area contributed by atoms with Crippen LogP contribution in [0, 0.1) is 0 Å². The minimum atomic E-state index is -0.580.